The predicted octanol–water partition coefficient (Wildman–Crippen LogP) is 1.72. The summed E-state index contributed by atoms with van der Waals surface area (Å²) >= 11 is 0. The maximum atomic E-state index is 13.2. The smallest absolute Gasteiger partial charge is 0.251 e. The molecule has 6 N–H and O–H groups in total. The van der Waals surface area contributed by atoms with Gasteiger partial charge in [-0.05, 0) is 61.3 Å². The molecule has 1 aromatic carbocycles. The van der Waals surface area contributed by atoms with Crippen molar-refractivity contribution in [2.24, 2.45) is 17.6 Å². The van der Waals surface area contributed by atoms with Crippen LogP contribution in [-0.2, 0) is 11.2 Å². The second-order valence-electron chi connectivity index (χ2n) is 10.8. The molecule has 1 saturated heterocycles. The van der Waals surface area contributed by atoms with Crippen LogP contribution in [0, 0.1) is 11.8 Å². The molecule has 190 valence electrons. The van der Waals surface area contributed by atoms with Crippen molar-refractivity contribution >= 4 is 17.5 Å². The zero-order valence-electron chi connectivity index (χ0n) is 21.1. The van der Waals surface area contributed by atoms with Gasteiger partial charge in [0.2, 0.25) is 5.91 Å². The molecule has 0 aromatic heterocycles. The Bertz CT molecular complexity index is 844. The van der Waals surface area contributed by atoms with Crippen molar-refractivity contribution in [3.05, 3.63) is 29.3 Å². The van der Waals surface area contributed by atoms with Gasteiger partial charge in [-0.15, -0.1) is 0 Å². The second kappa shape index (κ2) is 12.0. The number of rotatable bonds is 10. The lowest BCUT2D eigenvalue weighted by atomic mass is 9.99. The van der Waals surface area contributed by atoms with E-state index in [1.54, 1.807) is 6.07 Å². The maximum Gasteiger partial charge on any atom is 0.251 e. The Morgan fingerprint density at radius 2 is 1.91 bits per heavy atom. The first-order chi connectivity index (χ1) is 16.1. The van der Waals surface area contributed by atoms with Crippen molar-refractivity contribution in [1.82, 2.24) is 15.5 Å². The number of hydrogen-bond donors (Lipinski definition) is 5. The minimum Gasteiger partial charge on any atom is -0.390 e. The summed E-state index contributed by atoms with van der Waals surface area (Å²) in [6, 6.07) is 4.66. The summed E-state index contributed by atoms with van der Waals surface area (Å²) < 4.78 is 0. The van der Waals surface area contributed by atoms with E-state index in [4.69, 9.17) is 5.73 Å². The van der Waals surface area contributed by atoms with Crippen LogP contribution in [0.15, 0.2) is 18.2 Å². The predicted molar refractivity (Wildman–Crippen MR) is 136 cm³/mol. The van der Waals surface area contributed by atoms with Crippen LogP contribution in [-0.4, -0.2) is 72.2 Å². The van der Waals surface area contributed by atoms with Crippen molar-refractivity contribution in [2.45, 2.75) is 77.6 Å². The van der Waals surface area contributed by atoms with Gasteiger partial charge in [-0.25, -0.2) is 0 Å². The number of benzene rings is 1. The monoisotopic (exact) mass is 473 g/mol. The normalized spacial score (nSPS) is 22.2. The highest BCUT2D eigenvalue weighted by Gasteiger charge is 2.35. The number of nitrogens with zero attached hydrogens (tertiary/aromatic N) is 1. The van der Waals surface area contributed by atoms with E-state index in [1.807, 2.05) is 26.0 Å². The van der Waals surface area contributed by atoms with Crippen LogP contribution < -0.4 is 21.7 Å². The van der Waals surface area contributed by atoms with Crippen LogP contribution in [0.3, 0.4) is 0 Å². The molecule has 0 aliphatic carbocycles. The molecule has 8 heteroatoms. The number of carbonyl (C=O) groups excluding carboxylic acids is 2. The lowest BCUT2D eigenvalue weighted by Gasteiger charge is -2.24. The molecular weight excluding hydrogens is 430 g/mol. The SMILES string of the molecule is CC(C)C[C@H](N)CN1CC(O)C(NC(=O)[C@H](CC(C)C)NC(=O)c2ccc3c(c2)CCCN3)C1. The number of nitrogens with two attached hydrogens (primary N) is 1. The van der Waals surface area contributed by atoms with Gasteiger partial charge in [0.05, 0.1) is 12.1 Å². The molecule has 2 unspecified atom stereocenters. The lowest BCUT2D eigenvalue weighted by Crippen LogP contribution is -2.53. The summed E-state index contributed by atoms with van der Waals surface area (Å²) in [5, 5.41) is 19.8. The molecule has 2 aliphatic heterocycles. The number of amides is 2. The second-order valence-corrected chi connectivity index (χ2v) is 10.8. The standard InChI is InChI=1S/C26H43N5O3/c1-16(2)10-20(27)13-31-14-23(24(32)15-31)30-26(34)22(11-17(3)4)29-25(33)19-7-8-21-18(12-19)6-5-9-28-21/h7-8,12,16-17,20,22-24,28,32H,5-6,9-11,13-15,27H2,1-4H3,(H,29,33)(H,30,34)/t20-,22-,23?,24?/m0/s1. The molecule has 0 radical (unpaired) electrons. The molecular formula is C26H43N5O3. The van der Waals surface area contributed by atoms with Crippen molar-refractivity contribution in [3.63, 3.8) is 0 Å². The third-order valence-electron chi connectivity index (χ3n) is 6.59. The maximum absolute atomic E-state index is 13.2. The molecule has 2 heterocycles. The van der Waals surface area contributed by atoms with E-state index in [-0.39, 0.29) is 29.8 Å². The van der Waals surface area contributed by atoms with E-state index in [2.05, 4.69) is 34.7 Å². The van der Waals surface area contributed by atoms with E-state index in [9.17, 15) is 14.7 Å². The zero-order valence-corrected chi connectivity index (χ0v) is 21.1. The van der Waals surface area contributed by atoms with Gasteiger partial charge in [0.1, 0.15) is 6.04 Å². The number of likely N-dealkylation sites (tertiary alicyclic amines) is 1. The van der Waals surface area contributed by atoms with Gasteiger partial charge < -0.3 is 26.8 Å². The number of β-amino-alcohol motifs (C(OH)–C–C–N with tert-alkyl or cyclic N) is 1. The summed E-state index contributed by atoms with van der Waals surface area (Å²) in [6.07, 6.45) is 2.77. The molecule has 4 atom stereocenters. The molecule has 0 spiro atoms. The van der Waals surface area contributed by atoms with Gasteiger partial charge in [0, 0.05) is 43.5 Å². The van der Waals surface area contributed by atoms with E-state index in [0.29, 0.717) is 37.5 Å². The highest BCUT2D eigenvalue weighted by Crippen LogP contribution is 2.23. The number of aliphatic hydroxyl groups is 1. The fourth-order valence-electron chi connectivity index (χ4n) is 5.01. The van der Waals surface area contributed by atoms with Crippen LogP contribution >= 0.6 is 0 Å². The first-order valence-corrected chi connectivity index (χ1v) is 12.8. The quantitative estimate of drug-likeness (QED) is 0.353. The first-order valence-electron chi connectivity index (χ1n) is 12.8. The molecule has 2 aliphatic rings. The van der Waals surface area contributed by atoms with Crippen LogP contribution in [0.4, 0.5) is 5.69 Å². The van der Waals surface area contributed by atoms with E-state index >= 15 is 0 Å². The van der Waals surface area contributed by atoms with Gasteiger partial charge in [-0.2, -0.15) is 0 Å². The van der Waals surface area contributed by atoms with Crippen molar-refractivity contribution < 1.29 is 14.7 Å². The molecule has 2 amide bonds. The first kappa shape index (κ1) is 26.4. The number of anilines is 1. The number of fused-ring (bicyclic) bond motifs is 1. The molecule has 1 aromatic rings. The average molecular weight is 474 g/mol. The highest BCUT2D eigenvalue weighted by atomic mass is 16.3. The van der Waals surface area contributed by atoms with Crippen molar-refractivity contribution in [2.75, 3.05) is 31.5 Å². The van der Waals surface area contributed by atoms with Crippen LogP contribution in [0.5, 0.6) is 0 Å². The molecule has 0 bridgehead atoms. The lowest BCUT2D eigenvalue weighted by molar-refractivity contribution is -0.124. The summed E-state index contributed by atoms with van der Waals surface area (Å²) in [6.45, 7) is 11.0. The van der Waals surface area contributed by atoms with Crippen LogP contribution in [0.2, 0.25) is 0 Å². The molecule has 8 nitrogen and oxygen atoms in total. The molecule has 34 heavy (non-hydrogen) atoms. The van der Waals surface area contributed by atoms with Crippen LogP contribution in [0.25, 0.3) is 0 Å². The summed E-state index contributed by atoms with van der Waals surface area (Å²) in [5.41, 5.74) is 9.01. The Balaban J connectivity index is 1.60. The van der Waals surface area contributed by atoms with Crippen molar-refractivity contribution in [3.8, 4) is 0 Å². The van der Waals surface area contributed by atoms with Crippen molar-refractivity contribution in [1.29, 1.82) is 0 Å². The van der Waals surface area contributed by atoms with E-state index in [0.717, 1.165) is 37.1 Å². The Hall–Kier alpha value is -2.16. The van der Waals surface area contributed by atoms with Crippen LogP contribution in [0.1, 0.15) is 62.9 Å². The Kier molecular flexibility index (Phi) is 9.33. The molecule has 0 saturated carbocycles. The number of aryl methyl sites for hydroxylation is 1. The minimum absolute atomic E-state index is 0.0430. The Morgan fingerprint density at radius 1 is 1.18 bits per heavy atom. The molecule has 1 fully saturated rings. The van der Waals surface area contributed by atoms with E-state index < -0.39 is 12.1 Å². The largest absolute Gasteiger partial charge is 0.390 e. The third kappa shape index (κ3) is 7.42. The average Bonchev–Trinajstić information content (AvgIpc) is 3.10. The fraction of sp³-hybridized carbons (Fsp3) is 0.692. The van der Waals surface area contributed by atoms with Gasteiger partial charge >= 0.3 is 0 Å². The summed E-state index contributed by atoms with van der Waals surface area (Å²) in [7, 11) is 0. The number of carbonyl (C=O) groups is 2. The highest BCUT2D eigenvalue weighted by molar-refractivity contribution is 5.98. The minimum atomic E-state index is -0.661. The third-order valence-corrected chi connectivity index (χ3v) is 6.59. The van der Waals surface area contributed by atoms with Gasteiger partial charge in [0.25, 0.3) is 5.91 Å². The Morgan fingerprint density at radius 3 is 2.62 bits per heavy atom. The van der Waals surface area contributed by atoms with Gasteiger partial charge in [-0.1, -0.05) is 27.7 Å². The van der Waals surface area contributed by atoms with Gasteiger partial charge in [0.15, 0.2) is 0 Å². The fourth-order valence-corrected chi connectivity index (χ4v) is 5.01. The van der Waals surface area contributed by atoms with E-state index in [1.165, 1.54) is 0 Å². The number of aliphatic hydroxyl groups excluding tert-OH is 1. The van der Waals surface area contributed by atoms with Gasteiger partial charge in [-0.3, -0.25) is 14.5 Å². The Labute approximate surface area is 204 Å². The zero-order chi connectivity index (χ0) is 24.8. The topological polar surface area (TPSA) is 120 Å². The number of nitrogens with one attached hydrogen (secondary N) is 3. The summed E-state index contributed by atoms with van der Waals surface area (Å²) in [4.78, 5) is 28.3. The number of hydrogen-bond acceptors (Lipinski definition) is 6. The molecule has 3 rings (SSSR count). The summed E-state index contributed by atoms with van der Waals surface area (Å²) in [5.74, 6) is 0.245.